The molecule has 0 radical (unpaired) electrons. The number of pyridine rings is 1. The fraction of sp³-hybridized carbons (Fsp3) is 0.385. The minimum atomic E-state index is 0. The van der Waals surface area contributed by atoms with Gasteiger partial charge >= 0.3 is 0 Å². The predicted molar refractivity (Wildman–Crippen MR) is 98.5 cm³/mol. The number of nitrogens with zero attached hydrogens (tertiary/aromatic N) is 2. The molecule has 21 heavy (non-hydrogen) atoms. The highest BCUT2D eigenvalue weighted by atomic mass is 35.5. The summed E-state index contributed by atoms with van der Waals surface area (Å²) >= 11 is 1.64. The lowest BCUT2D eigenvalue weighted by Gasteiger charge is -2.01. The summed E-state index contributed by atoms with van der Waals surface area (Å²) in [6.45, 7) is 1.74. The highest BCUT2D eigenvalue weighted by molar-refractivity contribution is 7.14. The van der Waals surface area contributed by atoms with E-state index in [1.165, 1.54) is 6.42 Å². The Kier molecular flexibility index (Phi) is 14.2. The molecular weight excluding hydrogens is 351 g/mol. The summed E-state index contributed by atoms with van der Waals surface area (Å²) in [7, 11) is 0. The van der Waals surface area contributed by atoms with Crippen molar-refractivity contribution in [2.45, 2.75) is 19.3 Å². The lowest BCUT2D eigenvalue weighted by atomic mass is 10.2. The van der Waals surface area contributed by atoms with Crippen LogP contribution in [0.3, 0.4) is 0 Å². The van der Waals surface area contributed by atoms with Crippen molar-refractivity contribution in [3.8, 4) is 11.3 Å². The fourth-order valence-corrected chi connectivity index (χ4v) is 2.40. The standard InChI is InChI=1S/C13H18N4S.3ClH/c14-6-2-1-3-7-16-13-17-12(10-18-13)11-4-8-15-9-5-11;;;/h4-5,8-10H,1-3,6-7,14H2,(H,16,17);3*1H. The van der Waals surface area contributed by atoms with Crippen LogP contribution in [-0.2, 0) is 0 Å². The van der Waals surface area contributed by atoms with Crippen LogP contribution in [0.5, 0.6) is 0 Å². The molecule has 4 nitrogen and oxygen atoms in total. The molecule has 8 heteroatoms. The minimum absolute atomic E-state index is 0. The molecule has 0 aliphatic heterocycles. The van der Waals surface area contributed by atoms with Gasteiger partial charge in [-0.3, -0.25) is 4.98 Å². The molecule has 0 unspecified atom stereocenters. The number of nitrogens with two attached hydrogens (primary N) is 1. The van der Waals surface area contributed by atoms with Crippen molar-refractivity contribution >= 4 is 53.7 Å². The van der Waals surface area contributed by atoms with E-state index in [1.807, 2.05) is 12.1 Å². The molecule has 0 fully saturated rings. The number of nitrogens with one attached hydrogen (secondary N) is 1. The van der Waals surface area contributed by atoms with E-state index in [1.54, 1.807) is 23.7 Å². The molecule has 3 N–H and O–H groups in total. The van der Waals surface area contributed by atoms with Gasteiger partial charge in [0.25, 0.3) is 0 Å². The summed E-state index contributed by atoms with van der Waals surface area (Å²) < 4.78 is 0. The van der Waals surface area contributed by atoms with E-state index in [0.29, 0.717) is 0 Å². The topological polar surface area (TPSA) is 63.8 Å². The van der Waals surface area contributed by atoms with Crippen LogP contribution in [0.4, 0.5) is 5.13 Å². The SMILES string of the molecule is Cl.Cl.Cl.NCCCCCNc1nc(-c2ccncc2)cs1. The Morgan fingerprint density at radius 3 is 2.43 bits per heavy atom. The van der Waals surface area contributed by atoms with Crippen molar-refractivity contribution in [2.24, 2.45) is 5.73 Å². The maximum Gasteiger partial charge on any atom is 0.183 e. The second-order valence-corrected chi connectivity index (χ2v) is 4.91. The first kappa shape index (κ1) is 22.7. The average Bonchev–Trinajstić information content (AvgIpc) is 2.88. The van der Waals surface area contributed by atoms with Crippen LogP contribution >= 0.6 is 48.6 Å². The third-order valence-electron chi connectivity index (χ3n) is 2.64. The van der Waals surface area contributed by atoms with Gasteiger partial charge in [0.2, 0.25) is 0 Å². The molecule has 2 rings (SSSR count). The predicted octanol–water partition coefficient (Wildman–Crippen LogP) is 4.01. The first-order valence-corrected chi connectivity index (χ1v) is 7.08. The van der Waals surface area contributed by atoms with E-state index in [9.17, 15) is 0 Å². The fourth-order valence-electron chi connectivity index (χ4n) is 1.65. The molecule has 120 valence electrons. The van der Waals surface area contributed by atoms with Gasteiger partial charge in [0, 0.05) is 29.9 Å². The molecule has 0 spiro atoms. The van der Waals surface area contributed by atoms with Gasteiger partial charge in [-0.15, -0.1) is 48.6 Å². The second kappa shape index (κ2) is 13.1. The third kappa shape index (κ3) is 7.83. The van der Waals surface area contributed by atoms with Gasteiger partial charge in [-0.1, -0.05) is 6.42 Å². The van der Waals surface area contributed by atoms with E-state index in [-0.39, 0.29) is 37.2 Å². The third-order valence-corrected chi connectivity index (χ3v) is 3.44. The van der Waals surface area contributed by atoms with Crippen LogP contribution in [0.15, 0.2) is 29.9 Å². The number of thiazole rings is 1. The first-order chi connectivity index (χ1) is 8.90. The van der Waals surface area contributed by atoms with Crippen molar-refractivity contribution in [3.63, 3.8) is 0 Å². The molecule has 0 aliphatic carbocycles. The van der Waals surface area contributed by atoms with Gasteiger partial charge in [-0.05, 0) is 31.5 Å². The van der Waals surface area contributed by atoms with Crippen LogP contribution in [0, 0.1) is 0 Å². The number of hydrogen-bond acceptors (Lipinski definition) is 5. The van der Waals surface area contributed by atoms with E-state index in [0.717, 1.165) is 42.3 Å². The van der Waals surface area contributed by atoms with Crippen molar-refractivity contribution in [1.29, 1.82) is 0 Å². The van der Waals surface area contributed by atoms with Gasteiger partial charge in [0.05, 0.1) is 5.69 Å². The van der Waals surface area contributed by atoms with Crippen molar-refractivity contribution in [1.82, 2.24) is 9.97 Å². The van der Waals surface area contributed by atoms with Gasteiger partial charge in [0.1, 0.15) is 0 Å². The van der Waals surface area contributed by atoms with Crippen LogP contribution in [0.25, 0.3) is 11.3 Å². The van der Waals surface area contributed by atoms with Gasteiger partial charge in [-0.2, -0.15) is 0 Å². The van der Waals surface area contributed by atoms with Gasteiger partial charge in [-0.25, -0.2) is 4.98 Å². The summed E-state index contributed by atoms with van der Waals surface area (Å²) in [5.41, 5.74) is 7.57. The first-order valence-electron chi connectivity index (χ1n) is 6.20. The smallest absolute Gasteiger partial charge is 0.183 e. The van der Waals surface area contributed by atoms with E-state index in [4.69, 9.17) is 5.73 Å². The van der Waals surface area contributed by atoms with Gasteiger partial charge in [0.15, 0.2) is 5.13 Å². The molecule has 0 saturated heterocycles. The van der Waals surface area contributed by atoms with Crippen LogP contribution < -0.4 is 11.1 Å². The quantitative estimate of drug-likeness (QED) is 0.722. The monoisotopic (exact) mass is 370 g/mol. The normalized spacial score (nSPS) is 9.00. The Labute approximate surface area is 148 Å². The number of aromatic nitrogens is 2. The van der Waals surface area contributed by atoms with E-state index >= 15 is 0 Å². The molecule has 0 aliphatic rings. The van der Waals surface area contributed by atoms with Crippen LogP contribution in [0.1, 0.15) is 19.3 Å². The maximum absolute atomic E-state index is 5.45. The molecule has 2 heterocycles. The molecule has 2 aromatic heterocycles. The number of unbranched alkanes of at least 4 members (excludes halogenated alkanes) is 2. The largest absolute Gasteiger partial charge is 0.362 e. The number of halogens is 3. The molecule has 0 bridgehead atoms. The zero-order valence-corrected chi connectivity index (χ0v) is 14.8. The molecule has 0 atom stereocenters. The molecule has 0 aromatic carbocycles. The Hall–Kier alpha value is -0.590. The Balaban J connectivity index is 0. The Morgan fingerprint density at radius 1 is 1.05 bits per heavy atom. The lowest BCUT2D eigenvalue weighted by molar-refractivity contribution is 0.707. The second-order valence-electron chi connectivity index (χ2n) is 4.05. The van der Waals surface area contributed by atoms with E-state index in [2.05, 4.69) is 20.7 Å². The molecule has 0 saturated carbocycles. The Bertz CT molecular complexity index is 467. The zero-order chi connectivity index (χ0) is 12.6. The highest BCUT2D eigenvalue weighted by Crippen LogP contribution is 2.24. The molecule has 0 amide bonds. The molecular formula is C13H21Cl3N4S. The number of hydrogen-bond donors (Lipinski definition) is 2. The zero-order valence-electron chi connectivity index (χ0n) is 11.5. The number of rotatable bonds is 7. The van der Waals surface area contributed by atoms with Crippen molar-refractivity contribution in [3.05, 3.63) is 29.9 Å². The average molecular weight is 372 g/mol. The maximum atomic E-state index is 5.45. The van der Waals surface area contributed by atoms with E-state index < -0.39 is 0 Å². The summed E-state index contributed by atoms with van der Waals surface area (Å²) in [4.78, 5) is 8.56. The van der Waals surface area contributed by atoms with Crippen LogP contribution in [0.2, 0.25) is 0 Å². The molecule has 2 aromatic rings. The summed E-state index contributed by atoms with van der Waals surface area (Å²) in [6, 6.07) is 3.94. The summed E-state index contributed by atoms with van der Waals surface area (Å²) in [6.07, 6.45) is 6.98. The van der Waals surface area contributed by atoms with Crippen molar-refractivity contribution in [2.75, 3.05) is 18.4 Å². The van der Waals surface area contributed by atoms with Crippen molar-refractivity contribution < 1.29 is 0 Å². The van der Waals surface area contributed by atoms with Crippen LogP contribution in [-0.4, -0.2) is 23.1 Å². The van der Waals surface area contributed by atoms with Gasteiger partial charge < -0.3 is 11.1 Å². The number of anilines is 1. The lowest BCUT2D eigenvalue weighted by Crippen LogP contribution is -2.03. The minimum Gasteiger partial charge on any atom is -0.362 e. The summed E-state index contributed by atoms with van der Waals surface area (Å²) in [5, 5.41) is 6.39. The Morgan fingerprint density at radius 2 is 1.76 bits per heavy atom. The summed E-state index contributed by atoms with van der Waals surface area (Å²) in [5.74, 6) is 0. The highest BCUT2D eigenvalue weighted by Gasteiger charge is 2.03.